The molecule has 1 aliphatic heterocycles. The van der Waals surface area contributed by atoms with E-state index in [-0.39, 0.29) is 0 Å². The zero-order valence-corrected chi connectivity index (χ0v) is 11.4. The summed E-state index contributed by atoms with van der Waals surface area (Å²) in [7, 11) is 3.75. The Hall–Kier alpha value is -1.67. The van der Waals surface area contributed by atoms with Crippen molar-refractivity contribution in [2.75, 3.05) is 49.5 Å². The van der Waals surface area contributed by atoms with Crippen LogP contribution in [0.1, 0.15) is 12.8 Å². The molecule has 1 saturated heterocycles. The first-order valence-corrected chi connectivity index (χ1v) is 6.40. The van der Waals surface area contributed by atoms with Gasteiger partial charge in [-0.2, -0.15) is 15.0 Å². The third kappa shape index (κ3) is 3.90. The second-order valence-corrected chi connectivity index (χ2v) is 4.76. The summed E-state index contributed by atoms with van der Waals surface area (Å²) in [6.07, 6.45) is 2.14. The third-order valence-electron chi connectivity index (χ3n) is 3.04. The van der Waals surface area contributed by atoms with Crippen LogP contribution in [0.3, 0.4) is 0 Å². The Morgan fingerprint density at radius 2 is 1.89 bits per heavy atom. The second kappa shape index (κ2) is 6.48. The van der Waals surface area contributed by atoms with Crippen LogP contribution in [0.2, 0.25) is 0 Å². The average Bonchev–Trinajstić information content (AvgIpc) is 2.45. The Morgan fingerprint density at radius 1 is 1.21 bits per heavy atom. The topological polar surface area (TPSA) is 101 Å². The molecule has 0 radical (unpaired) electrons. The number of nitrogen functional groups attached to an aromatic ring is 1. The third-order valence-corrected chi connectivity index (χ3v) is 3.04. The Labute approximate surface area is 112 Å². The maximum atomic E-state index is 5.36. The lowest BCUT2D eigenvalue weighted by molar-refractivity contribution is 0.0699. The van der Waals surface area contributed by atoms with Crippen LogP contribution in [-0.4, -0.2) is 48.8 Å². The van der Waals surface area contributed by atoms with Crippen LogP contribution in [0, 0.1) is 5.92 Å². The molecule has 0 aromatic carbocycles. The van der Waals surface area contributed by atoms with Crippen molar-refractivity contribution in [1.82, 2.24) is 15.0 Å². The van der Waals surface area contributed by atoms with Crippen molar-refractivity contribution in [3.8, 4) is 0 Å². The van der Waals surface area contributed by atoms with Crippen molar-refractivity contribution in [3.63, 3.8) is 0 Å². The maximum absolute atomic E-state index is 5.36. The molecular formula is C11H21N7O. The van der Waals surface area contributed by atoms with Crippen LogP contribution in [0.15, 0.2) is 0 Å². The summed E-state index contributed by atoms with van der Waals surface area (Å²) in [4.78, 5) is 14.5. The van der Waals surface area contributed by atoms with Crippen LogP contribution in [0.4, 0.5) is 17.8 Å². The summed E-state index contributed by atoms with van der Waals surface area (Å²) >= 11 is 0. The monoisotopic (exact) mass is 267 g/mol. The molecule has 0 amide bonds. The number of nitrogens with zero attached hydrogens (tertiary/aromatic N) is 4. The van der Waals surface area contributed by atoms with Gasteiger partial charge in [-0.3, -0.25) is 5.43 Å². The van der Waals surface area contributed by atoms with Gasteiger partial charge in [0.15, 0.2) is 0 Å². The highest BCUT2D eigenvalue weighted by atomic mass is 16.5. The van der Waals surface area contributed by atoms with E-state index >= 15 is 0 Å². The van der Waals surface area contributed by atoms with E-state index in [1.807, 2.05) is 19.0 Å². The molecule has 106 valence electrons. The molecule has 0 unspecified atom stereocenters. The predicted octanol–water partition coefficient (Wildman–Crippen LogP) is 0.0617. The molecule has 0 atom stereocenters. The van der Waals surface area contributed by atoms with E-state index in [2.05, 4.69) is 25.7 Å². The van der Waals surface area contributed by atoms with Crippen molar-refractivity contribution < 1.29 is 4.74 Å². The maximum Gasteiger partial charge on any atom is 0.243 e. The quantitative estimate of drug-likeness (QED) is 0.508. The Morgan fingerprint density at radius 3 is 2.53 bits per heavy atom. The number of ether oxygens (including phenoxy) is 1. The lowest BCUT2D eigenvalue weighted by atomic mass is 10.0. The summed E-state index contributed by atoms with van der Waals surface area (Å²) in [5.74, 6) is 7.42. The molecule has 1 aromatic rings. The smallest absolute Gasteiger partial charge is 0.243 e. The second-order valence-electron chi connectivity index (χ2n) is 4.76. The molecule has 0 saturated carbocycles. The van der Waals surface area contributed by atoms with E-state index in [0.29, 0.717) is 23.8 Å². The first-order chi connectivity index (χ1) is 9.19. The zero-order valence-electron chi connectivity index (χ0n) is 11.4. The molecule has 0 spiro atoms. The first-order valence-electron chi connectivity index (χ1n) is 6.40. The molecule has 19 heavy (non-hydrogen) atoms. The minimum absolute atomic E-state index is 0.355. The summed E-state index contributed by atoms with van der Waals surface area (Å²) in [6, 6.07) is 0. The van der Waals surface area contributed by atoms with Crippen LogP contribution in [0.25, 0.3) is 0 Å². The van der Waals surface area contributed by atoms with E-state index in [0.717, 1.165) is 32.6 Å². The number of anilines is 3. The highest BCUT2D eigenvalue weighted by Crippen LogP contribution is 2.16. The molecule has 1 aliphatic rings. The van der Waals surface area contributed by atoms with Gasteiger partial charge in [0, 0.05) is 33.9 Å². The van der Waals surface area contributed by atoms with E-state index < -0.39 is 0 Å². The van der Waals surface area contributed by atoms with Gasteiger partial charge in [-0.05, 0) is 18.8 Å². The van der Waals surface area contributed by atoms with Gasteiger partial charge < -0.3 is 15.0 Å². The van der Waals surface area contributed by atoms with Gasteiger partial charge >= 0.3 is 0 Å². The standard InChI is InChI=1S/C11H21N7O/c1-18(2)11-15-9(14-10(16-11)17-12)13-7-8-3-5-19-6-4-8/h8H,3-7,12H2,1-2H3,(H2,13,14,15,16,17). The molecule has 8 nitrogen and oxygen atoms in total. The predicted molar refractivity (Wildman–Crippen MR) is 74.0 cm³/mol. The van der Waals surface area contributed by atoms with Crippen molar-refractivity contribution in [1.29, 1.82) is 0 Å². The summed E-state index contributed by atoms with van der Waals surface area (Å²) in [5.41, 5.74) is 2.45. The lowest BCUT2D eigenvalue weighted by Crippen LogP contribution is -2.24. The molecule has 1 aromatic heterocycles. The highest BCUT2D eigenvalue weighted by Gasteiger charge is 2.14. The summed E-state index contributed by atoms with van der Waals surface area (Å²) < 4.78 is 5.34. The number of rotatable bonds is 5. The summed E-state index contributed by atoms with van der Waals surface area (Å²) in [5, 5.41) is 3.24. The van der Waals surface area contributed by atoms with Gasteiger partial charge in [0.05, 0.1) is 0 Å². The molecule has 1 fully saturated rings. The number of nitrogens with two attached hydrogens (primary N) is 1. The fourth-order valence-corrected chi connectivity index (χ4v) is 1.89. The molecule has 0 bridgehead atoms. The van der Waals surface area contributed by atoms with Gasteiger partial charge in [-0.25, -0.2) is 5.84 Å². The highest BCUT2D eigenvalue weighted by molar-refractivity contribution is 5.42. The largest absolute Gasteiger partial charge is 0.381 e. The molecule has 8 heteroatoms. The van der Waals surface area contributed by atoms with Gasteiger partial charge in [0.25, 0.3) is 0 Å². The zero-order chi connectivity index (χ0) is 13.7. The van der Waals surface area contributed by atoms with Crippen LogP contribution in [0.5, 0.6) is 0 Å². The lowest BCUT2D eigenvalue weighted by Gasteiger charge is -2.22. The Balaban J connectivity index is 2.00. The van der Waals surface area contributed by atoms with Crippen LogP contribution in [-0.2, 0) is 4.74 Å². The SMILES string of the molecule is CN(C)c1nc(NN)nc(NCC2CCOCC2)n1. The Bertz CT molecular complexity index is 406. The normalized spacial score (nSPS) is 16.2. The van der Waals surface area contributed by atoms with E-state index in [1.54, 1.807) is 0 Å². The van der Waals surface area contributed by atoms with Crippen LogP contribution < -0.4 is 21.5 Å². The number of hydrogen-bond acceptors (Lipinski definition) is 8. The van der Waals surface area contributed by atoms with Crippen molar-refractivity contribution in [3.05, 3.63) is 0 Å². The summed E-state index contributed by atoms with van der Waals surface area (Å²) in [6.45, 7) is 2.51. The van der Waals surface area contributed by atoms with Gasteiger partial charge in [-0.15, -0.1) is 0 Å². The van der Waals surface area contributed by atoms with Gasteiger partial charge in [0.2, 0.25) is 17.8 Å². The van der Waals surface area contributed by atoms with Crippen molar-refractivity contribution >= 4 is 17.8 Å². The fraction of sp³-hybridized carbons (Fsp3) is 0.727. The van der Waals surface area contributed by atoms with E-state index in [1.165, 1.54) is 0 Å². The fourth-order valence-electron chi connectivity index (χ4n) is 1.89. The number of hydrogen-bond donors (Lipinski definition) is 3. The van der Waals surface area contributed by atoms with Crippen LogP contribution >= 0.6 is 0 Å². The number of aromatic nitrogens is 3. The number of hydrazine groups is 1. The molecular weight excluding hydrogens is 246 g/mol. The van der Waals surface area contributed by atoms with Gasteiger partial charge in [0.1, 0.15) is 0 Å². The molecule has 2 rings (SSSR count). The molecule has 0 aliphatic carbocycles. The minimum atomic E-state index is 0.355. The molecule has 2 heterocycles. The molecule has 4 N–H and O–H groups in total. The van der Waals surface area contributed by atoms with Crippen molar-refractivity contribution in [2.24, 2.45) is 11.8 Å². The van der Waals surface area contributed by atoms with Gasteiger partial charge in [-0.1, -0.05) is 0 Å². The van der Waals surface area contributed by atoms with E-state index in [4.69, 9.17) is 10.6 Å². The number of nitrogens with one attached hydrogen (secondary N) is 2. The Kier molecular flexibility index (Phi) is 4.69. The average molecular weight is 267 g/mol. The van der Waals surface area contributed by atoms with Crippen molar-refractivity contribution in [2.45, 2.75) is 12.8 Å². The minimum Gasteiger partial charge on any atom is -0.381 e. The first kappa shape index (κ1) is 13.8. The van der Waals surface area contributed by atoms with E-state index in [9.17, 15) is 0 Å².